The molecule has 0 aliphatic carbocycles. The molecule has 0 saturated carbocycles. The first-order chi connectivity index (χ1) is 31.6. The molecular weight excluding hydrogens is 864 g/mol. The van der Waals surface area contributed by atoms with Gasteiger partial charge in [0.1, 0.15) is 12.1 Å². The maximum atomic E-state index is 12.2. The molecule has 0 saturated heterocycles. The average Bonchev–Trinajstić information content (AvgIpc) is 3.27. The zero-order valence-corrected chi connectivity index (χ0v) is 38.4. The summed E-state index contributed by atoms with van der Waals surface area (Å²) in [5, 5.41) is 36.9. The summed E-state index contributed by atoms with van der Waals surface area (Å²) in [5.41, 5.74) is 0. The molecule has 0 rings (SSSR count). The van der Waals surface area contributed by atoms with Crippen LogP contribution in [-0.2, 0) is 71.3 Å². The van der Waals surface area contributed by atoms with E-state index in [4.69, 9.17) is 57.6 Å². The van der Waals surface area contributed by atoms with Gasteiger partial charge in [0.15, 0.2) is 0 Å². The van der Waals surface area contributed by atoms with E-state index in [9.17, 15) is 33.9 Å². The van der Waals surface area contributed by atoms with Crippen LogP contribution in [0.3, 0.4) is 0 Å². The van der Waals surface area contributed by atoms with E-state index in [2.05, 4.69) is 22.9 Å². The van der Waals surface area contributed by atoms with Crippen molar-refractivity contribution < 1.29 is 91.5 Å². The lowest BCUT2D eigenvalue weighted by Crippen LogP contribution is -2.51. The monoisotopic (exact) mass is 943 g/mol. The average molecular weight is 943 g/mol. The van der Waals surface area contributed by atoms with Crippen LogP contribution in [0, 0.1) is 0 Å². The summed E-state index contributed by atoms with van der Waals surface area (Å²) in [4.78, 5) is 69.7. The van der Waals surface area contributed by atoms with E-state index < -0.39 is 48.4 Å². The maximum Gasteiger partial charge on any atom is 0.326 e. The van der Waals surface area contributed by atoms with Crippen molar-refractivity contribution in [3.05, 3.63) is 0 Å². The van der Waals surface area contributed by atoms with E-state index in [1.807, 2.05) is 5.32 Å². The van der Waals surface area contributed by atoms with E-state index in [1.165, 1.54) is 0 Å². The van der Waals surface area contributed by atoms with Crippen LogP contribution >= 0.6 is 0 Å². The molecule has 0 unspecified atom stereocenters. The molecule has 23 nitrogen and oxygen atoms in total. The fourth-order valence-corrected chi connectivity index (χ4v) is 5.25. The molecular formula is C42H78N4O19. The molecule has 0 aromatic rings. The topological polar surface area (TPSA) is 304 Å². The molecule has 65 heavy (non-hydrogen) atoms. The summed E-state index contributed by atoms with van der Waals surface area (Å²) < 4.78 is 54.5. The fourth-order valence-electron chi connectivity index (χ4n) is 5.25. The Labute approximate surface area is 382 Å². The van der Waals surface area contributed by atoms with Crippen molar-refractivity contribution in [1.82, 2.24) is 21.3 Å². The van der Waals surface area contributed by atoms with Crippen molar-refractivity contribution in [3.8, 4) is 0 Å². The number of carbonyl (C=O) groups excluding carboxylic acids is 3. The van der Waals surface area contributed by atoms with Gasteiger partial charge >= 0.3 is 23.9 Å². The van der Waals surface area contributed by atoms with Crippen LogP contribution in [0.4, 0.5) is 4.79 Å². The lowest BCUT2D eigenvalue weighted by atomic mass is 10.1. The molecule has 0 aliphatic rings. The van der Waals surface area contributed by atoms with E-state index in [0.717, 1.165) is 38.7 Å². The van der Waals surface area contributed by atoms with Gasteiger partial charge in [-0.3, -0.25) is 14.4 Å². The minimum absolute atomic E-state index is 0.0551. The van der Waals surface area contributed by atoms with E-state index in [-0.39, 0.29) is 25.2 Å². The van der Waals surface area contributed by atoms with E-state index in [0.29, 0.717) is 151 Å². The quantitative estimate of drug-likeness (QED) is 0.0418. The van der Waals surface area contributed by atoms with Crippen LogP contribution < -0.4 is 21.3 Å². The summed E-state index contributed by atoms with van der Waals surface area (Å²) in [7, 11) is 0. The Morgan fingerprint density at radius 3 is 1.09 bits per heavy atom. The first-order valence-electron chi connectivity index (χ1n) is 22.6. The van der Waals surface area contributed by atoms with Gasteiger partial charge in [-0.25, -0.2) is 14.4 Å². The number of aliphatic carboxylic acids is 3. The number of amides is 4. The summed E-state index contributed by atoms with van der Waals surface area (Å²) in [6.07, 6.45) is 4.02. The Morgan fingerprint density at radius 1 is 0.385 bits per heavy atom. The molecule has 0 radical (unpaired) electrons. The van der Waals surface area contributed by atoms with Crippen LogP contribution in [0.1, 0.15) is 77.6 Å². The summed E-state index contributed by atoms with van der Waals surface area (Å²) in [5.74, 6) is -4.59. The number of urea groups is 1. The molecule has 23 heteroatoms. The number of hydrogen-bond acceptors (Lipinski definition) is 16. The SMILES string of the molecule is CCCOCCOCCOCCOCCOCCOCCOCCOCCOCCOCCNC(=O)CCCCCCCNC(=O)CC[C@H](NC(=O)N[C@@H](CCC(=O)O)C(=O)O)C(=O)O. The lowest BCUT2D eigenvalue weighted by molar-refractivity contribution is -0.141. The van der Waals surface area contributed by atoms with E-state index in [1.54, 1.807) is 0 Å². The molecule has 0 aromatic heterocycles. The Hall–Kier alpha value is -3.78. The Balaban J connectivity index is 3.47. The van der Waals surface area contributed by atoms with Crippen LogP contribution in [-0.4, -0.2) is 208 Å². The van der Waals surface area contributed by atoms with Crippen molar-refractivity contribution in [3.63, 3.8) is 0 Å². The number of unbranched alkanes of at least 4 members (excludes halogenated alkanes) is 4. The Morgan fingerprint density at radius 2 is 0.708 bits per heavy atom. The number of carboxylic acid groups (broad SMARTS) is 3. The molecule has 2 atom stereocenters. The second kappa shape index (κ2) is 46.7. The first kappa shape index (κ1) is 61.2. The van der Waals surface area contributed by atoms with Crippen molar-refractivity contribution in [2.75, 3.05) is 145 Å². The minimum Gasteiger partial charge on any atom is -0.481 e. The zero-order chi connectivity index (χ0) is 47.9. The highest BCUT2D eigenvalue weighted by atomic mass is 16.6. The number of rotatable bonds is 50. The summed E-state index contributed by atoms with van der Waals surface area (Å²) in [6.45, 7) is 12.7. The number of nitrogens with one attached hydrogen (secondary N) is 4. The van der Waals surface area contributed by atoms with Crippen LogP contribution in [0.5, 0.6) is 0 Å². The smallest absolute Gasteiger partial charge is 0.326 e. The van der Waals surface area contributed by atoms with E-state index >= 15 is 0 Å². The predicted molar refractivity (Wildman–Crippen MR) is 233 cm³/mol. The van der Waals surface area contributed by atoms with Crippen molar-refractivity contribution >= 4 is 35.8 Å². The fraction of sp³-hybridized carbons (Fsp3) is 0.857. The van der Waals surface area contributed by atoms with Gasteiger partial charge in [0.05, 0.1) is 126 Å². The maximum absolute atomic E-state index is 12.2. The summed E-state index contributed by atoms with van der Waals surface area (Å²) >= 11 is 0. The highest BCUT2D eigenvalue weighted by molar-refractivity contribution is 5.86. The standard InChI is InChI=1S/C42H78N4O19/c1-2-15-56-17-19-58-21-23-60-25-27-62-29-31-64-33-34-65-32-30-63-28-26-61-24-22-59-20-18-57-16-14-44-37(47)8-6-4-3-5-7-13-43-38(48)11-9-35(40(51)52)45-42(55)46-36(41(53)54)10-12-39(49)50/h35-36H,2-34H2,1H3,(H,43,48)(H,44,47)(H,49,50)(H,51,52)(H,53,54)(H2,45,46,55)/t35-,36-/m0/s1. The zero-order valence-electron chi connectivity index (χ0n) is 38.4. The van der Waals surface area contributed by atoms with Gasteiger partial charge in [0.2, 0.25) is 11.8 Å². The van der Waals surface area contributed by atoms with Gasteiger partial charge in [-0.15, -0.1) is 0 Å². The van der Waals surface area contributed by atoms with Gasteiger partial charge in [0.25, 0.3) is 0 Å². The molecule has 0 spiro atoms. The second-order valence-electron chi connectivity index (χ2n) is 14.2. The molecule has 0 fully saturated rings. The second-order valence-corrected chi connectivity index (χ2v) is 14.2. The van der Waals surface area contributed by atoms with Gasteiger partial charge in [-0.05, 0) is 32.1 Å². The largest absolute Gasteiger partial charge is 0.481 e. The molecule has 0 heterocycles. The number of carboxylic acids is 3. The number of ether oxygens (including phenoxy) is 10. The number of hydrogen-bond donors (Lipinski definition) is 7. The molecule has 0 aromatic carbocycles. The van der Waals surface area contributed by atoms with Gasteiger partial charge in [-0.2, -0.15) is 0 Å². The van der Waals surface area contributed by atoms with Gasteiger partial charge in [-0.1, -0.05) is 26.2 Å². The van der Waals surface area contributed by atoms with Crippen LogP contribution in [0.25, 0.3) is 0 Å². The normalized spacial score (nSPS) is 12.1. The first-order valence-corrected chi connectivity index (χ1v) is 22.6. The molecule has 0 aliphatic heterocycles. The lowest BCUT2D eigenvalue weighted by Gasteiger charge is -2.18. The molecule has 380 valence electrons. The van der Waals surface area contributed by atoms with Crippen molar-refractivity contribution in [1.29, 1.82) is 0 Å². The third-order valence-corrected chi connectivity index (χ3v) is 8.68. The Bertz CT molecular complexity index is 1200. The Kier molecular flexibility index (Phi) is 44.0. The summed E-state index contributed by atoms with van der Waals surface area (Å²) in [6, 6.07) is -4.08. The number of carbonyl (C=O) groups is 6. The third-order valence-electron chi connectivity index (χ3n) is 8.68. The highest BCUT2D eigenvalue weighted by Gasteiger charge is 2.25. The van der Waals surface area contributed by atoms with Crippen molar-refractivity contribution in [2.24, 2.45) is 0 Å². The van der Waals surface area contributed by atoms with Crippen LogP contribution in [0.2, 0.25) is 0 Å². The van der Waals surface area contributed by atoms with Gasteiger partial charge in [0, 0.05) is 39.0 Å². The third kappa shape index (κ3) is 45.2. The molecule has 7 N–H and O–H groups in total. The molecule has 4 amide bonds. The van der Waals surface area contributed by atoms with Crippen molar-refractivity contribution in [2.45, 2.75) is 89.6 Å². The highest BCUT2D eigenvalue weighted by Crippen LogP contribution is 2.06. The minimum atomic E-state index is -1.52. The molecule has 0 bridgehead atoms. The predicted octanol–water partition coefficient (Wildman–Crippen LogP) is 0.986. The van der Waals surface area contributed by atoms with Gasteiger partial charge < -0.3 is 84.0 Å². The van der Waals surface area contributed by atoms with Crippen LogP contribution in [0.15, 0.2) is 0 Å².